The second kappa shape index (κ2) is 4.74. The number of fused-ring (bicyclic) bond motifs is 1. The van der Waals surface area contributed by atoms with E-state index in [9.17, 15) is 4.79 Å². The molecule has 2 aromatic rings. The zero-order chi connectivity index (χ0) is 12.5. The van der Waals surface area contributed by atoms with Crippen molar-refractivity contribution >= 4 is 34.7 Å². The summed E-state index contributed by atoms with van der Waals surface area (Å²) in [4.78, 5) is 19.3. The second-order valence-electron chi connectivity index (χ2n) is 4.22. The third-order valence-electron chi connectivity index (χ3n) is 2.86. The number of hydrogen-bond acceptors (Lipinski definition) is 4. The van der Waals surface area contributed by atoms with Gasteiger partial charge in [-0.1, -0.05) is 6.07 Å². The molecule has 0 unspecified atom stereocenters. The van der Waals surface area contributed by atoms with Gasteiger partial charge in [-0.3, -0.25) is 4.79 Å². The number of thioether (sulfide) groups is 1. The van der Waals surface area contributed by atoms with Crippen LogP contribution in [0.3, 0.4) is 0 Å². The van der Waals surface area contributed by atoms with Gasteiger partial charge in [0.25, 0.3) is 0 Å². The highest BCUT2D eigenvalue weighted by Crippen LogP contribution is 2.36. The molecular weight excluding hydrogens is 264 g/mol. The third-order valence-corrected chi connectivity index (χ3v) is 4.53. The number of nitrogens with zero attached hydrogens (tertiary/aromatic N) is 2. The Balaban J connectivity index is 1.96. The molecule has 0 radical (unpaired) electrons. The first kappa shape index (κ1) is 11.7. The van der Waals surface area contributed by atoms with E-state index in [1.165, 1.54) is 10.5 Å². The molecule has 92 valence electrons. The molecule has 5 heteroatoms. The lowest BCUT2D eigenvalue weighted by Crippen LogP contribution is -2.34. The molecule has 0 N–H and O–H groups in total. The average molecular weight is 276 g/mol. The van der Waals surface area contributed by atoms with Gasteiger partial charge in [0.1, 0.15) is 0 Å². The van der Waals surface area contributed by atoms with Gasteiger partial charge in [0.2, 0.25) is 5.91 Å². The highest BCUT2D eigenvalue weighted by atomic mass is 32.2. The Bertz CT molecular complexity index is 581. The van der Waals surface area contributed by atoms with Gasteiger partial charge < -0.3 is 4.90 Å². The van der Waals surface area contributed by atoms with E-state index >= 15 is 0 Å². The first-order valence-electron chi connectivity index (χ1n) is 5.65. The Hall–Kier alpha value is -1.33. The van der Waals surface area contributed by atoms with E-state index in [1.807, 2.05) is 22.4 Å². The highest BCUT2D eigenvalue weighted by Gasteiger charge is 2.25. The van der Waals surface area contributed by atoms with Gasteiger partial charge in [-0.15, -0.1) is 23.1 Å². The van der Waals surface area contributed by atoms with E-state index in [0.717, 1.165) is 11.4 Å². The van der Waals surface area contributed by atoms with Crippen molar-refractivity contribution in [2.75, 3.05) is 10.7 Å². The molecule has 0 fully saturated rings. The van der Waals surface area contributed by atoms with E-state index in [1.54, 1.807) is 28.6 Å². The quantitative estimate of drug-likeness (QED) is 0.845. The van der Waals surface area contributed by atoms with Crippen molar-refractivity contribution in [1.29, 1.82) is 0 Å². The lowest BCUT2D eigenvalue weighted by Gasteiger charge is -2.28. The second-order valence-corrected chi connectivity index (χ2v) is 5.96. The third kappa shape index (κ3) is 2.15. The summed E-state index contributed by atoms with van der Waals surface area (Å²) in [5.74, 6) is 0.671. The predicted molar refractivity (Wildman–Crippen MR) is 75.2 cm³/mol. The lowest BCUT2D eigenvalue weighted by molar-refractivity contribution is -0.116. The maximum absolute atomic E-state index is 12.0. The topological polar surface area (TPSA) is 33.2 Å². The number of benzene rings is 1. The summed E-state index contributed by atoms with van der Waals surface area (Å²) in [5.41, 5.74) is 4.99. The summed E-state index contributed by atoms with van der Waals surface area (Å²) >= 11 is 3.18. The largest absolute Gasteiger partial charge is 0.305 e. The van der Waals surface area contributed by atoms with Gasteiger partial charge in [-0.25, -0.2) is 4.98 Å². The first-order chi connectivity index (χ1) is 8.74. The van der Waals surface area contributed by atoms with Crippen molar-refractivity contribution in [3.8, 4) is 0 Å². The molecule has 2 heterocycles. The molecular formula is C13H12N2OS2. The highest BCUT2D eigenvalue weighted by molar-refractivity contribution is 8.00. The number of aryl methyl sites for hydroxylation is 1. The summed E-state index contributed by atoms with van der Waals surface area (Å²) in [5, 5.41) is 1.99. The molecule has 0 aliphatic carbocycles. The van der Waals surface area contributed by atoms with Crippen LogP contribution >= 0.6 is 23.1 Å². The molecule has 1 aliphatic rings. The number of thiazole rings is 1. The summed E-state index contributed by atoms with van der Waals surface area (Å²) in [6, 6.07) is 6.22. The molecule has 3 nitrogen and oxygen atoms in total. The fourth-order valence-electron chi connectivity index (χ4n) is 1.96. The van der Waals surface area contributed by atoms with Crippen LogP contribution in [0.15, 0.2) is 34.0 Å². The molecule has 0 atom stereocenters. The number of amides is 1. The number of anilines is 1. The van der Waals surface area contributed by atoms with Crippen molar-refractivity contribution in [2.24, 2.45) is 0 Å². The first-order valence-corrected chi connectivity index (χ1v) is 7.58. The molecule has 1 aliphatic heterocycles. The van der Waals surface area contributed by atoms with Gasteiger partial charge in [-0.2, -0.15) is 0 Å². The molecule has 3 rings (SSSR count). The maximum atomic E-state index is 12.0. The minimum atomic E-state index is 0.157. The van der Waals surface area contributed by atoms with Crippen molar-refractivity contribution in [3.63, 3.8) is 0 Å². The number of carbonyl (C=O) groups excluding carboxylic acids is 1. The Morgan fingerprint density at radius 2 is 2.33 bits per heavy atom. The van der Waals surface area contributed by atoms with Crippen molar-refractivity contribution in [2.45, 2.75) is 18.4 Å². The van der Waals surface area contributed by atoms with Crippen molar-refractivity contribution in [3.05, 3.63) is 40.3 Å². The van der Waals surface area contributed by atoms with E-state index in [0.29, 0.717) is 12.3 Å². The monoisotopic (exact) mass is 276 g/mol. The average Bonchev–Trinajstić information content (AvgIpc) is 2.86. The summed E-state index contributed by atoms with van der Waals surface area (Å²) in [6.45, 7) is 2.64. The van der Waals surface area contributed by atoms with Gasteiger partial charge in [0.15, 0.2) is 0 Å². The summed E-state index contributed by atoms with van der Waals surface area (Å²) in [7, 11) is 0. The molecule has 18 heavy (non-hydrogen) atoms. The fourth-order valence-corrected chi connectivity index (χ4v) is 3.54. The molecule has 0 saturated carbocycles. The standard InChI is InChI=1S/C13H12N2OS2/c1-9-2-3-11-12(4-9)18-7-13(16)15(11)5-10-6-17-8-14-10/h2-4,6,8H,5,7H2,1H3. The zero-order valence-electron chi connectivity index (χ0n) is 9.92. The molecule has 1 aromatic carbocycles. The van der Waals surface area contributed by atoms with E-state index < -0.39 is 0 Å². The van der Waals surface area contributed by atoms with Crippen LogP contribution in [0.2, 0.25) is 0 Å². The number of aromatic nitrogens is 1. The van der Waals surface area contributed by atoms with E-state index in [-0.39, 0.29) is 5.91 Å². The van der Waals surface area contributed by atoms with E-state index in [4.69, 9.17) is 0 Å². The smallest absolute Gasteiger partial charge is 0.237 e. The van der Waals surface area contributed by atoms with Crippen LogP contribution in [0, 0.1) is 6.92 Å². The maximum Gasteiger partial charge on any atom is 0.237 e. The van der Waals surface area contributed by atoms with Crippen LogP contribution in [-0.4, -0.2) is 16.6 Å². The number of carbonyl (C=O) groups is 1. The zero-order valence-corrected chi connectivity index (χ0v) is 11.6. The molecule has 0 spiro atoms. The number of hydrogen-bond donors (Lipinski definition) is 0. The van der Waals surface area contributed by atoms with Crippen molar-refractivity contribution < 1.29 is 4.79 Å². The lowest BCUT2D eigenvalue weighted by atomic mass is 10.2. The molecule has 0 bridgehead atoms. The van der Waals surface area contributed by atoms with Crippen LogP contribution < -0.4 is 4.90 Å². The van der Waals surface area contributed by atoms with Crippen LogP contribution in [0.25, 0.3) is 0 Å². The Kier molecular flexibility index (Phi) is 3.09. The fraction of sp³-hybridized carbons (Fsp3) is 0.231. The predicted octanol–water partition coefficient (Wildman–Crippen LogP) is 3.09. The number of rotatable bonds is 2. The molecule has 0 saturated heterocycles. The van der Waals surface area contributed by atoms with Gasteiger partial charge in [0.05, 0.1) is 29.2 Å². The van der Waals surface area contributed by atoms with Gasteiger partial charge in [0, 0.05) is 10.3 Å². The minimum absolute atomic E-state index is 0.157. The van der Waals surface area contributed by atoms with Crippen LogP contribution in [-0.2, 0) is 11.3 Å². The van der Waals surface area contributed by atoms with Crippen LogP contribution in [0.4, 0.5) is 5.69 Å². The molecule has 1 aromatic heterocycles. The Morgan fingerprint density at radius 3 is 3.11 bits per heavy atom. The molecule has 1 amide bonds. The van der Waals surface area contributed by atoms with Gasteiger partial charge >= 0.3 is 0 Å². The minimum Gasteiger partial charge on any atom is -0.305 e. The summed E-state index contributed by atoms with van der Waals surface area (Å²) < 4.78 is 0. The SMILES string of the molecule is Cc1ccc2c(c1)SCC(=O)N2Cc1cscn1. The van der Waals surface area contributed by atoms with Crippen molar-refractivity contribution in [1.82, 2.24) is 4.98 Å². The van der Waals surface area contributed by atoms with E-state index in [2.05, 4.69) is 18.0 Å². The van der Waals surface area contributed by atoms with Gasteiger partial charge in [-0.05, 0) is 24.6 Å². The Labute approximate surface area is 114 Å². The van der Waals surface area contributed by atoms with Crippen LogP contribution in [0.1, 0.15) is 11.3 Å². The summed E-state index contributed by atoms with van der Waals surface area (Å²) in [6.07, 6.45) is 0. The Morgan fingerprint density at radius 1 is 1.44 bits per heavy atom. The van der Waals surface area contributed by atoms with Crippen LogP contribution in [0.5, 0.6) is 0 Å². The normalized spacial score (nSPS) is 14.7.